The normalized spacial score (nSPS) is 15.9. The van der Waals surface area contributed by atoms with Gasteiger partial charge in [-0.3, -0.25) is 9.59 Å². The van der Waals surface area contributed by atoms with Crippen LogP contribution >= 0.6 is 0 Å². The van der Waals surface area contributed by atoms with E-state index < -0.39 is 0 Å². The van der Waals surface area contributed by atoms with Crippen LogP contribution in [0.3, 0.4) is 0 Å². The molecule has 23 heavy (non-hydrogen) atoms. The molecule has 1 aromatic rings. The van der Waals surface area contributed by atoms with Gasteiger partial charge in [-0.1, -0.05) is 26.2 Å². The van der Waals surface area contributed by atoms with Crippen LogP contribution in [0.15, 0.2) is 10.9 Å². The fourth-order valence-electron chi connectivity index (χ4n) is 3.64. The molecule has 1 aliphatic carbocycles. The number of amides is 1. The second kappa shape index (κ2) is 7.80. The van der Waals surface area contributed by atoms with Gasteiger partial charge in [0.2, 0.25) is 0 Å². The van der Waals surface area contributed by atoms with Crippen molar-refractivity contribution >= 4 is 5.91 Å². The largest absolute Gasteiger partial charge is 0.350 e. The van der Waals surface area contributed by atoms with E-state index in [1.54, 1.807) is 6.07 Å². The summed E-state index contributed by atoms with van der Waals surface area (Å²) in [4.78, 5) is 25.2. The van der Waals surface area contributed by atoms with Crippen LogP contribution in [0.25, 0.3) is 0 Å². The van der Waals surface area contributed by atoms with Gasteiger partial charge in [0.1, 0.15) is 5.56 Å². The molecule has 4 nitrogen and oxygen atoms in total. The molecule has 1 saturated carbocycles. The number of nitrogens with one attached hydrogen (secondary N) is 1. The highest BCUT2D eigenvalue weighted by molar-refractivity contribution is 5.94. The third-order valence-corrected chi connectivity index (χ3v) is 4.78. The smallest absolute Gasteiger partial charge is 0.263 e. The van der Waals surface area contributed by atoms with Crippen molar-refractivity contribution in [3.8, 4) is 0 Å². The predicted molar refractivity (Wildman–Crippen MR) is 94.0 cm³/mol. The molecule has 0 saturated heterocycles. The molecule has 4 heteroatoms. The van der Waals surface area contributed by atoms with Crippen molar-refractivity contribution < 1.29 is 4.79 Å². The number of hydrogen-bond donors (Lipinski definition) is 1. The van der Waals surface area contributed by atoms with Crippen molar-refractivity contribution in [1.82, 2.24) is 9.88 Å². The van der Waals surface area contributed by atoms with Crippen LogP contribution in [-0.2, 0) is 13.0 Å². The van der Waals surface area contributed by atoms with E-state index in [2.05, 4.69) is 12.2 Å². The van der Waals surface area contributed by atoms with E-state index in [-0.39, 0.29) is 23.1 Å². The molecule has 128 valence electrons. The highest BCUT2D eigenvalue weighted by atomic mass is 16.2. The Morgan fingerprint density at radius 1 is 1.30 bits per heavy atom. The average Bonchev–Trinajstić information content (AvgIpc) is 2.51. The lowest BCUT2D eigenvalue weighted by molar-refractivity contribution is 0.0940. The van der Waals surface area contributed by atoms with E-state index in [9.17, 15) is 9.59 Å². The molecule has 0 radical (unpaired) electrons. The molecule has 0 unspecified atom stereocenters. The number of rotatable bonds is 5. The molecule has 2 rings (SSSR count). The zero-order valence-corrected chi connectivity index (χ0v) is 14.9. The van der Waals surface area contributed by atoms with Crippen molar-refractivity contribution in [3.63, 3.8) is 0 Å². The zero-order valence-electron chi connectivity index (χ0n) is 14.9. The summed E-state index contributed by atoms with van der Waals surface area (Å²) < 4.78 is 1.88. The summed E-state index contributed by atoms with van der Waals surface area (Å²) in [5, 5.41) is 2.84. The van der Waals surface area contributed by atoms with Crippen LogP contribution in [0.1, 0.15) is 74.5 Å². The Labute approximate surface area is 139 Å². The molecule has 1 aromatic heterocycles. The van der Waals surface area contributed by atoms with Gasteiger partial charge in [0.05, 0.1) is 0 Å². The van der Waals surface area contributed by atoms with Gasteiger partial charge in [-0.2, -0.15) is 0 Å². The van der Waals surface area contributed by atoms with Gasteiger partial charge in [0.25, 0.3) is 11.5 Å². The van der Waals surface area contributed by atoms with Gasteiger partial charge in [0.15, 0.2) is 0 Å². The van der Waals surface area contributed by atoms with E-state index in [1.165, 1.54) is 32.1 Å². The number of aryl methyl sites for hydroxylation is 1. The number of carbonyl (C=O) groups excluding carboxylic acids is 1. The lowest BCUT2D eigenvalue weighted by atomic mass is 9.89. The first-order valence-electron chi connectivity index (χ1n) is 8.98. The van der Waals surface area contributed by atoms with E-state index in [0.29, 0.717) is 5.92 Å². The minimum Gasteiger partial charge on any atom is -0.350 e. The molecule has 1 amide bonds. The molecule has 1 fully saturated rings. The van der Waals surface area contributed by atoms with Gasteiger partial charge in [-0.25, -0.2) is 0 Å². The molecule has 1 heterocycles. The van der Waals surface area contributed by atoms with Gasteiger partial charge in [-0.15, -0.1) is 0 Å². The molecule has 0 bridgehead atoms. The Kier molecular flexibility index (Phi) is 6.03. The number of pyridine rings is 1. The van der Waals surface area contributed by atoms with Gasteiger partial charge in [0, 0.05) is 18.3 Å². The van der Waals surface area contributed by atoms with E-state index in [4.69, 9.17) is 0 Å². The third kappa shape index (κ3) is 4.24. The van der Waals surface area contributed by atoms with Crippen molar-refractivity contribution in [2.45, 2.75) is 78.8 Å². The van der Waals surface area contributed by atoms with Crippen molar-refractivity contribution in [2.24, 2.45) is 5.92 Å². The van der Waals surface area contributed by atoms with Gasteiger partial charge < -0.3 is 9.88 Å². The van der Waals surface area contributed by atoms with E-state index >= 15 is 0 Å². The first kappa shape index (κ1) is 17.8. The maximum Gasteiger partial charge on any atom is 0.263 e. The Bertz CT molecular complexity index is 611. The topological polar surface area (TPSA) is 51.1 Å². The Hall–Kier alpha value is -1.58. The minimum atomic E-state index is -0.256. The summed E-state index contributed by atoms with van der Waals surface area (Å²) in [5.74, 6) is 0.308. The molecule has 1 aliphatic rings. The molecule has 0 aliphatic heterocycles. The monoisotopic (exact) mass is 318 g/mol. The van der Waals surface area contributed by atoms with Crippen LogP contribution in [0, 0.1) is 12.8 Å². The second-order valence-corrected chi connectivity index (χ2v) is 7.09. The SMILES string of the molecule is CCc1c(C)cc(C(=O)NC(C)C)c(=O)n1CC1CCCCC1. The van der Waals surface area contributed by atoms with Crippen molar-refractivity contribution in [1.29, 1.82) is 0 Å². The number of nitrogens with zero attached hydrogens (tertiary/aromatic N) is 1. The highest BCUT2D eigenvalue weighted by Crippen LogP contribution is 2.25. The van der Waals surface area contributed by atoms with E-state index in [0.717, 1.165) is 24.2 Å². The van der Waals surface area contributed by atoms with Crippen LogP contribution < -0.4 is 10.9 Å². The molecule has 0 spiro atoms. The summed E-state index contributed by atoms with van der Waals surface area (Å²) in [5.41, 5.74) is 2.26. The first-order chi connectivity index (χ1) is 10.9. The average molecular weight is 318 g/mol. The summed E-state index contributed by atoms with van der Waals surface area (Å²) in [6.45, 7) is 8.65. The Morgan fingerprint density at radius 3 is 2.52 bits per heavy atom. The lowest BCUT2D eigenvalue weighted by Crippen LogP contribution is -2.38. The summed E-state index contributed by atoms with van der Waals surface area (Å²) in [7, 11) is 0. The fourth-order valence-corrected chi connectivity index (χ4v) is 3.64. The van der Waals surface area contributed by atoms with Crippen LogP contribution in [0.4, 0.5) is 0 Å². The third-order valence-electron chi connectivity index (χ3n) is 4.78. The highest BCUT2D eigenvalue weighted by Gasteiger charge is 2.21. The van der Waals surface area contributed by atoms with Crippen LogP contribution in [0.2, 0.25) is 0 Å². The van der Waals surface area contributed by atoms with Crippen molar-refractivity contribution in [2.75, 3.05) is 0 Å². The maximum absolute atomic E-state index is 12.9. The number of carbonyl (C=O) groups is 1. The second-order valence-electron chi connectivity index (χ2n) is 7.09. The summed E-state index contributed by atoms with van der Waals surface area (Å²) in [6, 6.07) is 1.79. The Balaban J connectivity index is 2.39. The van der Waals surface area contributed by atoms with Crippen LogP contribution in [-0.4, -0.2) is 16.5 Å². The zero-order chi connectivity index (χ0) is 17.0. The molecule has 0 aromatic carbocycles. The van der Waals surface area contributed by atoms with E-state index in [1.807, 2.05) is 25.3 Å². The van der Waals surface area contributed by atoms with Crippen molar-refractivity contribution in [3.05, 3.63) is 33.2 Å². The minimum absolute atomic E-state index is 0.0276. The number of hydrogen-bond acceptors (Lipinski definition) is 2. The lowest BCUT2D eigenvalue weighted by Gasteiger charge is -2.25. The summed E-state index contributed by atoms with van der Waals surface area (Å²) >= 11 is 0. The first-order valence-corrected chi connectivity index (χ1v) is 8.98. The molecule has 0 atom stereocenters. The number of aromatic nitrogens is 1. The summed E-state index contributed by atoms with van der Waals surface area (Å²) in [6.07, 6.45) is 7.02. The van der Waals surface area contributed by atoms with Gasteiger partial charge in [-0.05, 0) is 57.6 Å². The molecular weight excluding hydrogens is 288 g/mol. The standard InChI is InChI=1S/C19H30N2O2/c1-5-17-14(4)11-16(18(22)20-13(2)3)19(23)21(17)12-15-9-7-6-8-10-15/h11,13,15H,5-10,12H2,1-4H3,(H,20,22). The van der Waals surface area contributed by atoms with Gasteiger partial charge >= 0.3 is 0 Å². The maximum atomic E-state index is 12.9. The molecule has 1 N–H and O–H groups in total. The van der Waals surface area contributed by atoms with Crippen LogP contribution in [0.5, 0.6) is 0 Å². The molecular formula is C19H30N2O2. The Morgan fingerprint density at radius 2 is 1.96 bits per heavy atom. The predicted octanol–water partition coefficient (Wildman–Crippen LogP) is 3.44. The fraction of sp³-hybridized carbons (Fsp3) is 0.684. The quantitative estimate of drug-likeness (QED) is 0.904.